The molecule has 2 N–H and O–H groups in total. The highest BCUT2D eigenvalue weighted by molar-refractivity contribution is 6.12. The first-order chi connectivity index (χ1) is 16.0. The molecule has 8 nitrogen and oxygen atoms in total. The van der Waals surface area contributed by atoms with Gasteiger partial charge in [-0.15, -0.1) is 0 Å². The Bertz CT molecular complexity index is 1170. The lowest BCUT2D eigenvalue weighted by molar-refractivity contribution is -0.133. The Balaban J connectivity index is 1.63. The van der Waals surface area contributed by atoms with Crippen LogP contribution in [-0.4, -0.2) is 42.4 Å². The lowest BCUT2D eigenvalue weighted by atomic mass is 9.82. The van der Waals surface area contributed by atoms with E-state index in [-0.39, 0.29) is 11.3 Å². The van der Waals surface area contributed by atoms with E-state index in [1.807, 2.05) is 12.1 Å². The van der Waals surface area contributed by atoms with E-state index in [1.54, 1.807) is 60.7 Å². The molecule has 4 amide bonds. The van der Waals surface area contributed by atoms with Crippen molar-refractivity contribution in [3.8, 4) is 0 Å². The summed E-state index contributed by atoms with van der Waals surface area (Å²) in [6.07, 6.45) is 0. The first-order valence-corrected chi connectivity index (χ1v) is 10.2. The van der Waals surface area contributed by atoms with Crippen molar-refractivity contribution in [2.75, 3.05) is 19.0 Å². The maximum absolute atomic E-state index is 13.6. The number of amides is 4. The number of urea groups is 1. The molecular formula is C25H21N3O5. The number of carbonyl (C=O) groups excluding carboxylic acids is 4. The molecule has 1 heterocycles. The van der Waals surface area contributed by atoms with Crippen LogP contribution in [0.2, 0.25) is 0 Å². The third-order valence-electron chi connectivity index (χ3n) is 5.43. The number of carbonyl (C=O) groups is 4. The van der Waals surface area contributed by atoms with Crippen molar-refractivity contribution in [1.29, 1.82) is 0 Å². The van der Waals surface area contributed by atoms with E-state index in [0.29, 0.717) is 11.1 Å². The molecule has 1 aliphatic rings. The second kappa shape index (κ2) is 8.96. The molecule has 3 aromatic carbocycles. The van der Waals surface area contributed by atoms with Crippen LogP contribution >= 0.6 is 0 Å². The minimum atomic E-state index is -1.45. The summed E-state index contributed by atoms with van der Waals surface area (Å²) in [5.74, 6) is -1.82. The van der Waals surface area contributed by atoms with E-state index < -0.39 is 35.9 Å². The summed E-state index contributed by atoms with van der Waals surface area (Å²) in [6.45, 7) is -0.526. The molecule has 1 fully saturated rings. The smallest absolute Gasteiger partial charge is 0.339 e. The van der Waals surface area contributed by atoms with Crippen LogP contribution in [0.25, 0.3) is 0 Å². The van der Waals surface area contributed by atoms with Crippen molar-refractivity contribution in [3.63, 3.8) is 0 Å². The number of anilines is 1. The van der Waals surface area contributed by atoms with Crippen LogP contribution in [0.4, 0.5) is 10.5 Å². The SMILES string of the molecule is COC(=O)c1ccccc1NC(=O)CN1C(=O)NC(c2ccccc2)(c2ccccc2)C1=O. The van der Waals surface area contributed by atoms with E-state index >= 15 is 0 Å². The number of hydrogen-bond donors (Lipinski definition) is 2. The normalized spacial score (nSPS) is 14.5. The van der Waals surface area contributed by atoms with Gasteiger partial charge in [-0.2, -0.15) is 0 Å². The maximum atomic E-state index is 13.6. The summed E-state index contributed by atoms with van der Waals surface area (Å²) in [6, 6.07) is 23.4. The van der Waals surface area contributed by atoms with Crippen LogP contribution in [0, 0.1) is 0 Å². The molecule has 0 radical (unpaired) electrons. The number of imide groups is 1. The Kier molecular flexibility index (Phi) is 5.91. The van der Waals surface area contributed by atoms with Crippen LogP contribution in [0.3, 0.4) is 0 Å². The Morgan fingerprint density at radius 2 is 1.42 bits per heavy atom. The number of benzene rings is 3. The van der Waals surface area contributed by atoms with Gasteiger partial charge in [-0.3, -0.25) is 14.5 Å². The molecular weight excluding hydrogens is 422 g/mol. The highest BCUT2D eigenvalue weighted by Crippen LogP contribution is 2.35. The summed E-state index contributed by atoms with van der Waals surface area (Å²) >= 11 is 0. The fourth-order valence-electron chi connectivity index (χ4n) is 3.87. The molecule has 4 rings (SSSR count). The first kappa shape index (κ1) is 21.8. The van der Waals surface area contributed by atoms with Crippen LogP contribution in [0.15, 0.2) is 84.9 Å². The fraction of sp³-hybridized carbons (Fsp3) is 0.120. The van der Waals surface area contributed by atoms with Gasteiger partial charge in [0.2, 0.25) is 5.91 Å². The number of esters is 1. The number of nitrogens with one attached hydrogen (secondary N) is 2. The molecule has 0 spiro atoms. The minimum Gasteiger partial charge on any atom is -0.465 e. The number of nitrogens with zero attached hydrogens (tertiary/aromatic N) is 1. The minimum absolute atomic E-state index is 0.161. The van der Waals surface area contributed by atoms with E-state index in [9.17, 15) is 19.2 Å². The van der Waals surface area contributed by atoms with Gasteiger partial charge >= 0.3 is 12.0 Å². The van der Waals surface area contributed by atoms with Crippen molar-refractivity contribution < 1.29 is 23.9 Å². The molecule has 0 saturated carbocycles. The zero-order valence-corrected chi connectivity index (χ0v) is 17.8. The summed E-state index contributed by atoms with van der Waals surface area (Å²) in [7, 11) is 1.24. The second-order valence-corrected chi connectivity index (χ2v) is 7.39. The van der Waals surface area contributed by atoms with Crippen LogP contribution in [0.5, 0.6) is 0 Å². The molecule has 8 heteroatoms. The molecule has 1 saturated heterocycles. The summed E-state index contributed by atoms with van der Waals surface area (Å²) in [5.41, 5.74) is 0.0818. The maximum Gasteiger partial charge on any atom is 0.339 e. The highest BCUT2D eigenvalue weighted by Gasteiger charge is 2.54. The summed E-state index contributed by atoms with van der Waals surface area (Å²) in [5, 5.41) is 5.38. The van der Waals surface area contributed by atoms with Crippen molar-refractivity contribution in [3.05, 3.63) is 102 Å². The van der Waals surface area contributed by atoms with Crippen molar-refractivity contribution in [2.45, 2.75) is 5.54 Å². The van der Waals surface area contributed by atoms with Gasteiger partial charge in [-0.1, -0.05) is 72.8 Å². The number of para-hydroxylation sites is 1. The summed E-state index contributed by atoms with van der Waals surface area (Å²) in [4.78, 5) is 52.1. The Morgan fingerprint density at radius 3 is 2.00 bits per heavy atom. The first-order valence-electron chi connectivity index (χ1n) is 10.2. The average Bonchev–Trinajstić information content (AvgIpc) is 3.10. The second-order valence-electron chi connectivity index (χ2n) is 7.39. The standard InChI is InChI=1S/C25H21N3O5/c1-33-22(30)19-14-8-9-15-20(19)26-21(29)16-28-23(31)25(27-24(28)32,17-10-4-2-5-11-17)18-12-6-3-7-13-18/h2-15H,16H2,1H3,(H,26,29)(H,27,32). The molecule has 1 aliphatic heterocycles. The molecule has 33 heavy (non-hydrogen) atoms. The van der Waals surface area contributed by atoms with E-state index in [0.717, 1.165) is 4.90 Å². The Hall–Kier alpha value is -4.46. The lowest BCUT2D eigenvalue weighted by Crippen LogP contribution is -2.45. The molecule has 0 aromatic heterocycles. The van der Waals surface area contributed by atoms with Gasteiger partial charge in [0, 0.05) is 0 Å². The zero-order valence-electron chi connectivity index (χ0n) is 17.8. The van der Waals surface area contributed by atoms with Crippen LogP contribution in [-0.2, 0) is 19.9 Å². The molecule has 0 atom stereocenters. The molecule has 3 aromatic rings. The number of ether oxygens (including phenoxy) is 1. The predicted molar refractivity (Wildman–Crippen MR) is 120 cm³/mol. The predicted octanol–water partition coefficient (Wildman–Crippen LogP) is 2.91. The van der Waals surface area contributed by atoms with Crippen molar-refractivity contribution in [1.82, 2.24) is 10.2 Å². The fourth-order valence-corrected chi connectivity index (χ4v) is 3.87. The van der Waals surface area contributed by atoms with Gasteiger partial charge in [0.05, 0.1) is 18.4 Å². The van der Waals surface area contributed by atoms with Crippen molar-refractivity contribution >= 4 is 29.5 Å². The molecule has 166 valence electrons. The quantitative estimate of drug-likeness (QED) is 0.450. The topological polar surface area (TPSA) is 105 Å². The molecule has 0 unspecified atom stereocenters. The van der Waals surface area contributed by atoms with Crippen LogP contribution in [0.1, 0.15) is 21.5 Å². The zero-order chi connectivity index (χ0) is 23.4. The van der Waals surface area contributed by atoms with Gasteiger partial charge in [-0.05, 0) is 23.3 Å². The van der Waals surface area contributed by atoms with E-state index in [1.165, 1.54) is 19.2 Å². The van der Waals surface area contributed by atoms with E-state index in [4.69, 9.17) is 4.74 Å². The monoisotopic (exact) mass is 443 g/mol. The van der Waals surface area contributed by atoms with Gasteiger partial charge in [0.25, 0.3) is 5.91 Å². The van der Waals surface area contributed by atoms with Gasteiger partial charge in [-0.25, -0.2) is 9.59 Å². The van der Waals surface area contributed by atoms with Gasteiger partial charge in [0.15, 0.2) is 5.54 Å². The summed E-state index contributed by atoms with van der Waals surface area (Å²) < 4.78 is 4.73. The third kappa shape index (κ3) is 3.94. The number of hydrogen-bond acceptors (Lipinski definition) is 5. The molecule has 0 bridgehead atoms. The largest absolute Gasteiger partial charge is 0.465 e. The van der Waals surface area contributed by atoms with E-state index in [2.05, 4.69) is 10.6 Å². The third-order valence-corrected chi connectivity index (χ3v) is 5.43. The van der Waals surface area contributed by atoms with Crippen molar-refractivity contribution in [2.24, 2.45) is 0 Å². The van der Waals surface area contributed by atoms with Gasteiger partial charge in [0.1, 0.15) is 6.54 Å². The lowest BCUT2D eigenvalue weighted by Gasteiger charge is -2.28. The average molecular weight is 443 g/mol. The molecule has 0 aliphatic carbocycles. The highest BCUT2D eigenvalue weighted by atomic mass is 16.5. The van der Waals surface area contributed by atoms with Gasteiger partial charge < -0.3 is 15.4 Å². The Labute approximate surface area is 190 Å². The number of methoxy groups -OCH3 is 1. The van der Waals surface area contributed by atoms with Crippen LogP contribution < -0.4 is 10.6 Å². The Morgan fingerprint density at radius 1 is 0.879 bits per heavy atom. The number of rotatable bonds is 6.